The highest BCUT2D eigenvalue weighted by molar-refractivity contribution is 6.03. The Morgan fingerprint density at radius 3 is 2.62 bits per heavy atom. The minimum absolute atomic E-state index is 0.0155. The number of nitro groups is 1. The number of non-ortho nitro benzene ring substituents is 1. The number of methoxy groups -OCH3 is 1. The lowest BCUT2D eigenvalue weighted by Crippen LogP contribution is -2.43. The summed E-state index contributed by atoms with van der Waals surface area (Å²) in [7, 11) is 1.55. The first-order valence-electron chi connectivity index (χ1n) is 10.4. The fourth-order valence-electron chi connectivity index (χ4n) is 3.69. The fraction of sp³-hybridized carbons (Fsp3) is 0.409. The number of nitro benzene ring substituents is 1. The van der Waals surface area contributed by atoms with Crippen LogP contribution in [0.2, 0.25) is 0 Å². The molecule has 4 rings (SSSR count). The number of rotatable bonds is 9. The highest BCUT2D eigenvalue weighted by Crippen LogP contribution is 2.34. The van der Waals surface area contributed by atoms with Gasteiger partial charge in [-0.1, -0.05) is 0 Å². The van der Waals surface area contributed by atoms with Crippen LogP contribution in [0.3, 0.4) is 0 Å². The van der Waals surface area contributed by atoms with Crippen molar-refractivity contribution in [3.8, 4) is 0 Å². The molecule has 0 bridgehead atoms. The molecule has 1 saturated carbocycles. The molecule has 2 amide bonds. The molecule has 2 aliphatic rings. The van der Waals surface area contributed by atoms with Crippen molar-refractivity contribution in [1.82, 2.24) is 9.91 Å². The summed E-state index contributed by atoms with van der Waals surface area (Å²) in [6.45, 7) is 0.563. The molecule has 0 unspecified atom stereocenters. The number of hydrogen-bond donors (Lipinski definition) is 0. The number of carbonyl (C=O) groups excluding carboxylic acids is 2. The van der Waals surface area contributed by atoms with Gasteiger partial charge in [0.2, 0.25) is 5.91 Å². The molecule has 1 aromatic carbocycles. The van der Waals surface area contributed by atoms with E-state index in [2.05, 4.69) is 5.10 Å². The summed E-state index contributed by atoms with van der Waals surface area (Å²) in [5.74, 6) is 0.200. The van der Waals surface area contributed by atoms with Gasteiger partial charge in [0.15, 0.2) is 0 Å². The number of ether oxygens (including phenoxy) is 1. The van der Waals surface area contributed by atoms with E-state index in [1.165, 1.54) is 28.3 Å². The largest absolute Gasteiger partial charge is 0.467 e. The van der Waals surface area contributed by atoms with Gasteiger partial charge in [-0.3, -0.25) is 19.7 Å². The zero-order valence-electron chi connectivity index (χ0n) is 17.7. The molecular weight excluding hydrogens is 416 g/mol. The third kappa shape index (κ3) is 4.70. The Labute approximate surface area is 184 Å². The summed E-state index contributed by atoms with van der Waals surface area (Å²) in [6.07, 6.45) is 3.62. The van der Waals surface area contributed by atoms with Gasteiger partial charge in [-0.25, -0.2) is 5.01 Å². The zero-order valence-corrected chi connectivity index (χ0v) is 17.7. The van der Waals surface area contributed by atoms with Gasteiger partial charge < -0.3 is 14.1 Å². The molecule has 0 spiro atoms. The maximum Gasteiger partial charge on any atom is 0.269 e. The first-order chi connectivity index (χ1) is 15.5. The van der Waals surface area contributed by atoms with Crippen molar-refractivity contribution in [3.05, 3.63) is 64.1 Å². The van der Waals surface area contributed by atoms with Crippen molar-refractivity contribution in [2.75, 3.05) is 26.8 Å². The van der Waals surface area contributed by atoms with Gasteiger partial charge >= 0.3 is 0 Å². The number of hydrazone groups is 1. The molecule has 1 aliphatic carbocycles. The van der Waals surface area contributed by atoms with E-state index in [1.54, 1.807) is 31.4 Å². The highest BCUT2D eigenvalue weighted by atomic mass is 16.6. The summed E-state index contributed by atoms with van der Waals surface area (Å²) in [6, 6.07) is 9.11. The monoisotopic (exact) mass is 440 g/mol. The Kier molecular flexibility index (Phi) is 6.31. The van der Waals surface area contributed by atoms with E-state index in [0.29, 0.717) is 36.6 Å². The second kappa shape index (κ2) is 9.31. The summed E-state index contributed by atoms with van der Waals surface area (Å²) in [4.78, 5) is 37.9. The fourth-order valence-corrected chi connectivity index (χ4v) is 3.69. The molecular formula is C22H24N4O6. The minimum atomic E-state index is -0.465. The Balaban J connectivity index is 1.56. The number of hydrogen-bond acceptors (Lipinski definition) is 7. The molecule has 1 atom stereocenters. The molecule has 10 nitrogen and oxygen atoms in total. The number of benzene rings is 1. The molecule has 10 heteroatoms. The first kappa shape index (κ1) is 21.7. The first-order valence-corrected chi connectivity index (χ1v) is 10.4. The van der Waals surface area contributed by atoms with Crippen LogP contribution < -0.4 is 0 Å². The van der Waals surface area contributed by atoms with Crippen LogP contribution in [0.4, 0.5) is 5.69 Å². The molecule has 168 valence electrons. The van der Waals surface area contributed by atoms with Crippen LogP contribution in [0, 0.1) is 16.0 Å². The van der Waals surface area contributed by atoms with Gasteiger partial charge in [0.05, 0.1) is 23.5 Å². The topological polar surface area (TPSA) is 118 Å². The number of amides is 2. The Hall–Kier alpha value is -3.53. The Bertz CT molecular complexity index is 1010. The standard InChI is InChI=1S/C22H24N4O6/c1-31-12-10-24(22(28)16-4-5-16)14-21(27)25-19(20-3-2-11-32-20)13-18(23-25)15-6-8-17(9-7-15)26(29)30/h2-3,6-9,11,16,19H,4-5,10,12-14H2,1H3/t19-/m0/s1. The maximum atomic E-state index is 13.2. The van der Waals surface area contributed by atoms with Gasteiger partial charge in [0, 0.05) is 38.1 Å². The SMILES string of the molecule is COCCN(CC(=O)N1N=C(c2ccc([N+](=O)[O-])cc2)C[C@H]1c1ccco1)C(=O)C1CC1. The van der Waals surface area contributed by atoms with Crippen LogP contribution in [0.5, 0.6) is 0 Å². The van der Waals surface area contributed by atoms with Crippen molar-refractivity contribution in [1.29, 1.82) is 0 Å². The average molecular weight is 440 g/mol. The minimum Gasteiger partial charge on any atom is -0.467 e. The molecule has 32 heavy (non-hydrogen) atoms. The summed E-state index contributed by atoms with van der Waals surface area (Å²) >= 11 is 0. The van der Waals surface area contributed by atoms with Crippen LogP contribution >= 0.6 is 0 Å². The van der Waals surface area contributed by atoms with Crippen LogP contribution in [0.25, 0.3) is 0 Å². The highest BCUT2D eigenvalue weighted by Gasteiger charge is 2.38. The van der Waals surface area contributed by atoms with E-state index in [9.17, 15) is 19.7 Å². The average Bonchev–Trinajstić information content (AvgIpc) is 3.31. The number of nitrogens with zero attached hydrogens (tertiary/aromatic N) is 4. The van der Waals surface area contributed by atoms with Crippen LogP contribution in [0.15, 0.2) is 52.2 Å². The maximum absolute atomic E-state index is 13.2. The molecule has 0 radical (unpaired) electrons. The normalized spacial score (nSPS) is 17.8. The zero-order chi connectivity index (χ0) is 22.7. The number of furan rings is 1. The molecule has 0 saturated heterocycles. The molecule has 2 aromatic rings. The second-order valence-electron chi connectivity index (χ2n) is 7.85. The lowest BCUT2D eigenvalue weighted by Gasteiger charge is -2.26. The summed E-state index contributed by atoms with van der Waals surface area (Å²) < 4.78 is 10.6. The molecule has 1 fully saturated rings. The van der Waals surface area contributed by atoms with Gasteiger partial charge in [-0.2, -0.15) is 5.10 Å². The Morgan fingerprint density at radius 2 is 2.03 bits per heavy atom. The lowest BCUT2D eigenvalue weighted by atomic mass is 10.0. The van der Waals surface area contributed by atoms with E-state index in [1.807, 2.05) is 0 Å². The van der Waals surface area contributed by atoms with Crippen molar-refractivity contribution >= 4 is 23.2 Å². The molecule has 2 heterocycles. The van der Waals surface area contributed by atoms with Gasteiger partial charge in [-0.15, -0.1) is 0 Å². The van der Waals surface area contributed by atoms with Gasteiger partial charge in [-0.05, 0) is 42.7 Å². The van der Waals surface area contributed by atoms with Crippen LogP contribution in [-0.2, 0) is 14.3 Å². The van der Waals surface area contributed by atoms with Gasteiger partial charge in [0.25, 0.3) is 11.6 Å². The van der Waals surface area contributed by atoms with Crippen molar-refractivity contribution in [2.45, 2.75) is 25.3 Å². The van der Waals surface area contributed by atoms with Crippen LogP contribution in [0.1, 0.15) is 36.6 Å². The van der Waals surface area contributed by atoms with Crippen molar-refractivity contribution < 1.29 is 23.7 Å². The molecule has 0 N–H and O–H groups in total. The third-order valence-electron chi connectivity index (χ3n) is 5.58. The Morgan fingerprint density at radius 1 is 1.28 bits per heavy atom. The summed E-state index contributed by atoms with van der Waals surface area (Å²) in [5, 5.41) is 16.8. The van der Waals surface area contributed by atoms with E-state index >= 15 is 0 Å². The van der Waals surface area contributed by atoms with E-state index in [0.717, 1.165) is 12.8 Å². The van der Waals surface area contributed by atoms with Crippen molar-refractivity contribution in [3.63, 3.8) is 0 Å². The quantitative estimate of drug-likeness (QED) is 0.437. The lowest BCUT2D eigenvalue weighted by molar-refractivity contribution is -0.384. The number of carbonyl (C=O) groups is 2. The van der Waals surface area contributed by atoms with Crippen molar-refractivity contribution in [2.24, 2.45) is 11.0 Å². The summed E-state index contributed by atoms with van der Waals surface area (Å²) in [5.41, 5.74) is 1.29. The van der Waals surface area contributed by atoms with E-state index in [-0.39, 0.29) is 30.0 Å². The van der Waals surface area contributed by atoms with E-state index in [4.69, 9.17) is 9.15 Å². The van der Waals surface area contributed by atoms with Crippen LogP contribution in [-0.4, -0.2) is 59.2 Å². The predicted octanol–water partition coefficient (Wildman–Crippen LogP) is 2.75. The smallest absolute Gasteiger partial charge is 0.269 e. The predicted molar refractivity (Wildman–Crippen MR) is 114 cm³/mol. The van der Waals surface area contributed by atoms with Gasteiger partial charge in [0.1, 0.15) is 18.3 Å². The molecule has 1 aliphatic heterocycles. The third-order valence-corrected chi connectivity index (χ3v) is 5.58. The second-order valence-corrected chi connectivity index (χ2v) is 7.85. The molecule has 1 aromatic heterocycles. The van der Waals surface area contributed by atoms with E-state index < -0.39 is 11.0 Å².